The van der Waals surface area contributed by atoms with Gasteiger partial charge in [-0.1, -0.05) is 0 Å². The van der Waals surface area contributed by atoms with Crippen molar-refractivity contribution in [2.45, 2.75) is 18.6 Å². The number of aromatic amines is 1. The van der Waals surface area contributed by atoms with Crippen molar-refractivity contribution in [2.24, 2.45) is 5.73 Å². The molecule has 14 heavy (non-hydrogen) atoms. The summed E-state index contributed by atoms with van der Waals surface area (Å²) in [6, 6.07) is 0. The zero-order valence-electron chi connectivity index (χ0n) is 7.88. The van der Waals surface area contributed by atoms with Crippen molar-refractivity contribution in [3.05, 3.63) is 27.4 Å². The lowest BCUT2D eigenvalue weighted by atomic mass is 10.1. The molecule has 2 rings (SSSR count). The summed E-state index contributed by atoms with van der Waals surface area (Å²) < 4.78 is 0. The molecule has 1 aromatic rings. The second-order valence-corrected chi connectivity index (χ2v) is 4.39. The van der Waals surface area contributed by atoms with Crippen LogP contribution in [0.4, 0.5) is 0 Å². The van der Waals surface area contributed by atoms with Gasteiger partial charge in [0.15, 0.2) is 0 Å². The quantitative estimate of drug-likeness (QED) is 0.725. The Hall–Kier alpha value is -0.810. The van der Waals surface area contributed by atoms with Crippen LogP contribution in [0.5, 0.6) is 0 Å². The van der Waals surface area contributed by atoms with Crippen LogP contribution in [-0.4, -0.2) is 22.3 Å². The Morgan fingerprint density at radius 3 is 3.21 bits per heavy atom. The van der Waals surface area contributed by atoms with Gasteiger partial charge in [-0.3, -0.25) is 0 Å². The summed E-state index contributed by atoms with van der Waals surface area (Å²) in [6.07, 6.45) is 1.70. The molecule has 76 valence electrons. The highest BCUT2D eigenvalue weighted by atomic mass is 32.2. The fraction of sp³-hybridized carbons (Fsp3) is 0.556. The number of H-pyrrole nitrogens is 1. The molecule has 0 aromatic carbocycles. The number of rotatable bonds is 2. The molecule has 2 heterocycles. The maximum Gasteiger partial charge on any atom is 0.345 e. The highest BCUT2D eigenvalue weighted by Gasteiger charge is 2.15. The van der Waals surface area contributed by atoms with Gasteiger partial charge in [0.25, 0.3) is 0 Å². The summed E-state index contributed by atoms with van der Waals surface area (Å²) >= 11 is 1.84. The minimum absolute atomic E-state index is 0.241. The number of fused-ring (bicyclic) bond motifs is 1. The van der Waals surface area contributed by atoms with E-state index >= 15 is 0 Å². The Balaban J connectivity index is 2.47. The second-order valence-electron chi connectivity index (χ2n) is 3.29. The molecule has 0 atom stereocenters. The van der Waals surface area contributed by atoms with E-state index in [1.165, 1.54) is 5.56 Å². The standard InChI is InChI=1S/C9H13N3OS/c10-3-1-7-6-2-4-14-5-8(6)12-9(13)11-7/h1-5,10H2,(H,11,12,13). The first-order valence-electron chi connectivity index (χ1n) is 4.70. The van der Waals surface area contributed by atoms with Gasteiger partial charge in [-0.2, -0.15) is 16.7 Å². The fourth-order valence-corrected chi connectivity index (χ4v) is 2.65. The summed E-state index contributed by atoms with van der Waals surface area (Å²) in [6.45, 7) is 0.552. The number of nitrogens with one attached hydrogen (secondary N) is 1. The summed E-state index contributed by atoms with van der Waals surface area (Å²) in [5.41, 5.74) is 8.40. The van der Waals surface area contributed by atoms with Crippen LogP contribution in [0.1, 0.15) is 17.0 Å². The molecule has 0 fully saturated rings. The lowest BCUT2D eigenvalue weighted by Crippen LogP contribution is -2.22. The number of nitrogens with two attached hydrogens (primary N) is 1. The number of nitrogens with zero attached hydrogens (tertiary/aromatic N) is 1. The largest absolute Gasteiger partial charge is 0.345 e. The molecule has 0 aliphatic carbocycles. The molecule has 0 amide bonds. The summed E-state index contributed by atoms with van der Waals surface area (Å²) in [5, 5.41) is 0. The first kappa shape index (κ1) is 9.73. The van der Waals surface area contributed by atoms with E-state index in [1.54, 1.807) is 0 Å². The van der Waals surface area contributed by atoms with E-state index in [-0.39, 0.29) is 5.69 Å². The Morgan fingerprint density at radius 1 is 1.57 bits per heavy atom. The first-order valence-corrected chi connectivity index (χ1v) is 5.85. The van der Waals surface area contributed by atoms with Crippen molar-refractivity contribution >= 4 is 11.8 Å². The molecule has 4 nitrogen and oxygen atoms in total. The van der Waals surface area contributed by atoms with Crippen molar-refractivity contribution in [1.29, 1.82) is 0 Å². The molecular formula is C9H13N3OS. The molecule has 5 heteroatoms. The van der Waals surface area contributed by atoms with E-state index in [2.05, 4.69) is 9.97 Å². The van der Waals surface area contributed by atoms with Gasteiger partial charge in [-0.25, -0.2) is 4.79 Å². The Bertz CT molecular complexity index is 388. The highest BCUT2D eigenvalue weighted by molar-refractivity contribution is 7.98. The lowest BCUT2D eigenvalue weighted by Gasteiger charge is -2.17. The molecular weight excluding hydrogens is 198 g/mol. The fourth-order valence-electron chi connectivity index (χ4n) is 1.71. The topological polar surface area (TPSA) is 71.8 Å². The van der Waals surface area contributed by atoms with Crippen molar-refractivity contribution in [1.82, 2.24) is 9.97 Å². The van der Waals surface area contributed by atoms with Gasteiger partial charge in [0.05, 0.1) is 5.69 Å². The number of thioether (sulfide) groups is 1. The number of hydrogen-bond donors (Lipinski definition) is 2. The molecule has 0 bridgehead atoms. The van der Waals surface area contributed by atoms with Crippen LogP contribution in [0, 0.1) is 0 Å². The van der Waals surface area contributed by atoms with E-state index in [1.807, 2.05) is 11.8 Å². The average Bonchev–Trinajstić information content (AvgIpc) is 2.18. The van der Waals surface area contributed by atoms with Crippen LogP contribution >= 0.6 is 11.8 Å². The van der Waals surface area contributed by atoms with E-state index in [4.69, 9.17) is 5.73 Å². The molecule has 0 spiro atoms. The zero-order chi connectivity index (χ0) is 9.97. The van der Waals surface area contributed by atoms with Gasteiger partial charge in [-0.05, 0) is 24.3 Å². The monoisotopic (exact) mass is 211 g/mol. The molecule has 1 aliphatic heterocycles. The molecule has 3 N–H and O–H groups in total. The van der Waals surface area contributed by atoms with E-state index in [0.29, 0.717) is 13.0 Å². The Morgan fingerprint density at radius 2 is 2.43 bits per heavy atom. The van der Waals surface area contributed by atoms with Crippen molar-refractivity contribution in [2.75, 3.05) is 12.3 Å². The van der Waals surface area contributed by atoms with Gasteiger partial charge >= 0.3 is 5.69 Å². The van der Waals surface area contributed by atoms with Crippen molar-refractivity contribution in [3.63, 3.8) is 0 Å². The predicted molar refractivity (Wildman–Crippen MR) is 57.5 cm³/mol. The normalized spacial score (nSPS) is 15.2. The van der Waals surface area contributed by atoms with Gasteiger partial charge in [-0.15, -0.1) is 0 Å². The minimum atomic E-state index is -0.241. The molecule has 0 saturated heterocycles. The van der Waals surface area contributed by atoms with Gasteiger partial charge in [0.2, 0.25) is 0 Å². The molecule has 0 radical (unpaired) electrons. The highest BCUT2D eigenvalue weighted by Crippen LogP contribution is 2.23. The second kappa shape index (κ2) is 4.14. The zero-order valence-corrected chi connectivity index (χ0v) is 8.69. The van der Waals surface area contributed by atoms with E-state index < -0.39 is 0 Å². The maximum absolute atomic E-state index is 11.2. The van der Waals surface area contributed by atoms with Crippen LogP contribution in [0.3, 0.4) is 0 Å². The summed E-state index contributed by atoms with van der Waals surface area (Å²) in [5.74, 6) is 2.00. The lowest BCUT2D eigenvalue weighted by molar-refractivity contribution is 0.830. The minimum Gasteiger partial charge on any atom is -0.330 e. The van der Waals surface area contributed by atoms with Crippen LogP contribution < -0.4 is 11.4 Å². The van der Waals surface area contributed by atoms with Crippen LogP contribution in [0.15, 0.2) is 4.79 Å². The van der Waals surface area contributed by atoms with Gasteiger partial charge < -0.3 is 10.7 Å². The SMILES string of the molecule is NCCc1nc(=O)[nH]c2c1CCSC2. The molecule has 0 saturated carbocycles. The van der Waals surface area contributed by atoms with E-state index in [0.717, 1.165) is 29.3 Å². The molecule has 1 aliphatic rings. The first-order chi connectivity index (χ1) is 6.81. The maximum atomic E-state index is 11.2. The summed E-state index contributed by atoms with van der Waals surface area (Å²) in [7, 11) is 0. The third-order valence-corrected chi connectivity index (χ3v) is 3.32. The van der Waals surface area contributed by atoms with Crippen LogP contribution in [-0.2, 0) is 18.6 Å². The molecule has 1 aromatic heterocycles. The van der Waals surface area contributed by atoms with E-state index in [9.17, 15) is 4.79 Å². The molecule has 0 unspecified atom stereocenters. The van der Waals surface area contributed by atoms with Crippen molar-refractivity contribution < 1.29 is 0 Å². The predicted octanol–water partition coefficient (Wildman–Crippen LogP) is 0.0604. The van der Waals surface area contributed by atoms with Crippen LogP contribution in [0.25, 0.3) is 0 Å². The van der Waals surface area contributed by atoms with Crippen molar-refractivity contribution in [3.8, 4) is 0 Å². The third-order valence-electron chi connectivity index (χ3n) is 2.33. The third kappa shape index (κ3) is 1.83. The average molecular weight is 211 g/mol. The number of hydrogen-bond acceptors (Lipinski definition) is 4. The number of aromatic nitrogens is 2. The smallest absolute Gasteiger partial charge is 0.330 e. The van der Waals surface area contributed by atoms with Gasteiger partial charge in [0.1, 0.15) is 0 Å². The van der Waals surface area contributed by atoms with Crippen LogP contribution in [0.2, 0.25) is 0 Å². The van der Waals surface area contributed by atoms with Gasteiger partial charge in [0, 0.05) is 17.9 Å². The Kier molecular flexibility index (Phi) is 2.88. The summed E-state index contributed by atoms with van der Waals surface area (Å²) in [4.78, 5) is 18.0. The Labute approximate surface area is 86.3 Å².